The van der Waals surface area contributed by atoms with E-state index in [1.807, 2.05) is 18.2 Å². The van der Waals surface area contributed by atoms with Crippen molar-refractivity contribution >= 4 is 17.3 Å². The number of nitrogens with zero attached hydrogens (tertiary/aromatic N) is 1. The van der Waals surface area contributed by atoms with Crippen molar-refractivity contribution in [1.29, 1.82) is 0 Å². The maximum absolute atomic E-state index is 9.91. The van der Waals surface area contributed by atoms with Crippen LogP contribution in [0.2, 0.25) is 5.02 Å². The number of phenols is 1. The minimum atomic E-state index is 0.293. The molecule has 0 aromatic heterocycles. The minimum Gasteiger partial charge on any atom is -0.508 e. The van der Waals surface area contributed by atoms with Gasteiger partial charge in [0.2, 0.25) is 0 Å². The summed E-state index contributed by atoms with van der Waals surface area (Å²) in [7, 11) is 0. The lowest BCUT2D eigenvalue weighted by atomic mass is 9.97. The van der Waals surface area contributed by atoms with E-state index in [9.17, 15) is 5.11 Å². The van der Waals surface area contributed by atoms with Crippen molar-refractivity contribution in [1.82, 2.24) is 4.90 Å². The highest BCUT2D eigenvalue weighted by Gasteiger charge is 2.19. The molecule has 1 aliphatic rings. The summed E-state index contributed by atoms with van der Waals surface area (Å²) in [6.07, 6.45) is 0.988. The average molecular weight is 289 g/mol. The van der Waals surface area contributed by atoms with Crippen LogP contribution in [0.5, 0.6) is 5.75 Å². The van der Waals surface area contributed by atoms with Crippen molar-refractivity contribution in [2.24, 2.45) is 0 Å². The fourth-order valence-corrected chi connectivity index (χ4v) is 2.91. The van der Waals surface area contributed by atoms with E-state index in [-0.39, 0.29) is 0 Å². The quantitative estimate of drug-likeness (QED) is 0.835. The number of rotatable bonds is 2. The zero-order chi connectivity index (χ0) is 14.1. The highest BCUT2D eigenvalue weighted by molar-refractivity contribution is 6.30. The predicted molar refractivity (Wildman–Crippen MR) is 81.8 cm³/mol. The van der Waals surface area contributed by atoms with Gasteiger partial charge in [-0.1, -0.05) is 23.7 Å². The van der Waals surface area contributed by atoms with Crippen molar-refractivity contribution in [3.05, 3.63) is 58.1 Å². The molecule has 104 valence electrons. The van der Waals surface area contributed by atoms with Crippen molar-refractivity contribution in [3.63, 3.8) is 0 Å². The lowest BCUT2D eigenvalue weighted by Crippen LogP contribution is -2.30. The van der Waals surface area contributed by atoms with E-state index in [1.54, 1.807) is 12.1 Å². The van der Waals surface area contributed by atoms with Gasteiger partial charge >= 0.3 is 0 Å². The monoisotopic (exact) mass is 288 g/mol. The molecule has 0 fully saturated rings. The average Bonchev–Trinajstić information content (AvgIpc) is 2.44. The standard InChI is InChI=1S/C16H17ClN2O/c17-13-4-5-16(20)12(8-13)9-19-7-6-11-2-1-3-15(18)14(11)10-19/h1-5,8,20H,6-7,9-10,18H2. The third-order valence-corrected chi connectivity index (χ3v) is 4.06. The first-order valence-electron chi connectivity index (χ1n) is 6.69. The van der Waals surface area contributed by atoms with Crippen LogP contribution in [0.1, 0.15) is 16.7 Å². The zero-order valence-electron chi connectivity index (χ0n) is 11.1. The first-order chi connectivity index (χ1) is 9.63. The van der Waals surface area contributed by atoms with E-state index in [2.05, 4.69) is 11.0 Å². The van der Waals surface area contributed by atoms with Gasteiger partial charge in [-0.3, -0.25) is 4.90 Å². The van der Waals surface area contributed by atoms with Crippen LogP contribution in [0, 0.1) is 0 Å². The Morgan fingerprint density at radius 2 is 2.10 bits per heavy atom. The van der Waals surface area contributed by atoms with Gasteiger partial charge < -0.3 is 10.8 Å². The second-order valence-corrected chi connectivity index (χ2v) is 5.66. The Bertz CT molecular complexity index is 642. The molecule has 0 spiro atoms. The summed E-state index contributed by atoms with van der Waals surface area (Å²) in [5.41, 5.74) is 10.3. The second kappa shape index (κ2) is 5.35. The Kier molecular flexibility index (Phi) is 3.55. The van der Waals surface area contributed by atoms with Crippen molar-refractivity contribution in [3.8, 4) is 5.75 Å². The molecule has 0 saturated carbocycles. The molecule has 20 heavy (non-hydrogen) atoms. The lowest BCUT2D eigenvalue weighted by Gasteiger charge is -2.29. The maximum Gasteiger partial charge on any atom is 0.120 e. The molecular weight excluding hydrogens is 272 g/mol. The van der Waals surface area contributed by atoms with Crippen LogP contribution < -0.4 is 5.73 Å². The van der Waals surface area contributed by atoms with Crippen molar-refractivity contribution < 1.29 is 5.11 Å². The molecule has 0 atom stereocenters. The van der Waals surface area contributed by atoms with Gasteiger partial charge in [-0.15, -0.1) is 0 Å². The first-order valence-corrected chi connectivity index (χ1v) is 7.07. The normalized spacial score (nSPS) is 15.1. The van der Waals surface area contributed by atoms with E-state index in [0.29, 0.717) is 17.3 Å². The highest BCUT2D eigenvalue weighted by atomic mass is 35.5. The molecule has 3 nitrogen and oxygen atoms in total. The number of hydrogen-bond acceptors (Lipinski definition) is 3. The number of aromatic hydroxyl groups is 1. The number of benzene rings is 2. The van der Waals surface area contributed by atoms with Crippen molar-refractivity contribution in [2.75, 3.05) is 12.3 Å². The van der Waals surface area contributed by atoms with Gasteiger partial charge in [0.25, 0.3) is 0 Å². The summed E-state index contributed by atoms with van der Waals surface area (Å²) in [5.74, 6) is 0.293. The lowest BCUT2D eigenvalue weighted by molar-refractivity contribution is 0.243. The number of anilines is 1. The molecule has 0 unspecified atom stereocenters. The molecule has 3 N–H and O–H groups in total. The summed E-state index contributed by atoms with van der Waals surface area (Å²) < 4.78 is 0. The van der Waals surface area contributed by atoms with Crippen LogP contribution in [0.25, 0.3) is 0 Å². The van der Waals surface area contributed by atoms with Gasteiger partial charge in [0.15, 0.2) is 0 Å². The predicted octanol–water partition coefficient (Wildman–Crippen LogP) is 3.19. The van der Waals surface area contributed by atoms with Crippen LogP contribution in [-0.2, 0) is 19.5 Å². The Hall–Kier alpha value is -1.71. The smallest absolute Gasteiger partial charge is 0.120 e. The molecule has 0 aliphatic carbocycles. The maximum atomic E-state index is 9.91. The van der Waals surface area contributed by atoms with Gasteiger partial charge in [0, 0.05) is 35.9 Å². The van der Waals surface area contributed by atoms with E-state index in [4.69, 9.17) is 17.3 Å². The Morgan fingerprint density at radius 3 is 2.95 bits per heavy atom. The molecular formula is C16H17ClN2O. The Labute approximate surface area is 123 Å². The molecule has 0 amide bonds. The molecule has 0 bridgehead atoms. The van der Waals surface area contributed by atoms with Crippen molar-refractivity contribution in [2.45, 2.75) is 19.5 Å². The summed E-state index contributed by atoms with van der Waals surface area (Å²) in [6.45, 7) is 2.45. The van der Waals surface area contributed by atoms with Crippen LogP contribution in [0.4, 0.5) is 5.69 Å². The molecule has 1 aliphatic heterocycles. The number of hydrogen-bond donors (Lipinski definition) is 2. The fourth-order valence-electron chi connectivity index (χ4n) is 2.72. The molecule has 3 rings (SSSR count). The van der Waals surface area contributed by atoms with Gasteiger partial charge in [-0.2, -0.15) is 0 Å². The van der Waals surface area contributed by atoms with Gasteiger partial charge in [0.1, 0.15) is 5.75 Å². The molecule has 2 aromatic carbocycles. The van der Waals surface area contributed by atoms with Crippen LogP contribution in [0.15, 0.2) is 36.4 Å². The topological polar surface area (TPSA) is 49.5 Å². The summed E-state index contributed by atoms with van der Waals surface area (Å²) in [6, 6.07) is 11.3. The number of fused-ring (bicyclic) bond motifs is 1. The molecule has 0 saturated heterocycles. The van der Waals surface area contributed by atoms with Crippen LogP contribution in [0.3, 0.4) is 0 Å². The summed E-state index contributed by atoms with van der Waals surface area (Å²) in [5, 5.41) is 10.6. The Morgan fingerprint density at radius 1 is 1.25 bits per heavy atom. The highest BCUT2D eigenvalue weighted by Crippen LogP contribution is 2.28. The number of nitrogens with two attached hydrogens (primary N) is 1. The van der Waals surface area contributed by atoms with Crippen LogP contribution >= 0.6 is 11.6 Å². The van der Waals surface area contributed by atoms with E-state index in [1.165, 1.54) is 11.1 Å². The van der Waals surface area contributed by atoms with Gasteiger partial charge in [0.05, 0.1) is 0 Å². The molecule has 1 heterocycles. The van der Waals surface area contributed by atoms with E-state index >= 15 is 0 Å². The molecule has 2 aromatic rings. The number of halogens is 1. The SMILES string of the molecule is Nc1cccc2c1CN(Cc1cc(Cl)ccc1O)CC2. The third kappa shape index (κ3) is 2.60. The van der Waals surface area contributed by atoms with Gasteiger partial charge in [-0.25, -0.2) is 0 Å². The molecule has 4 heteroatoms. The summed E-state index contributed by atoms with van der Waals surface area (Å²) in [4.78, 5) is 2.28. The third-order valence-electron chi connectivity index (χ3n) is 3.82. The largest absolute Gasteiger partial charge is 0.508 e. The van der Waals surface area contributed by atoms with E-state index < -0.39 is 0 Å². The van der Waals surface area contributed by atoms with E-state index in [0.717, 1.165) is 30.8 Å². The summed E-state index contributed by atoms with van der Waals surface area (Å²) >= 11 is 5.99. The van der Waals surface area contributed by atoms with Crippen LogP contribution in [-0.4, -0.2) is 16.6 Å². The zero-order valence-corrected chi connectivity index (χ0v) is 11.9. The Balaban J connectivity index is 1.81. The first kappa shape index (κ1) is 13.3. The van der Waals surface area contributed by atoms with Gasteiger partial charge in [-0.05, 0) is 41.8 Å². The molecule has 0 radical (unpaired) electrons. The number of nitrogen functional groups attached to an aromatic ring is 1. The second-order valence-electron chi connectivity index (χ2n) is 5.22. The number of phenolic OH excluding ortho intramolecular Hbond substituents is 1. The fraction of sp³-hybridized carbons (Fsp3) is 0.250. The minimum absolute atomic E-state index is 0.293.